The van der Waals surface area contributed by atoms with E-state index in [1.807, 2.05) is 12.2 Å². The largest absolute Gasteiger partial charge is 0.391 e. The van der Waals surface area contributed by atoms with Crippen molar-refractivity contribution in [2.75, 3.05) is 13.2 Å². The highest BCUT2D eigenvalue weighted by atomic mass is 16.3. The Morgan fingerprint density at radius 1 is 1.33 bits per heavy atom. The Hall–Kier alpha value is -0.860. The summed E-state index contributed by atoms with van der Waals surface area (Å²) in [6.45, 7) is 8.67. The van der Waals surface area contributed by atoms with E-state index in [4.69, 9.17) is 5.11 Å². The summed E-state index contributed by atoms with van der Waals surface area (Å²) < 4.78 is 0. The molecule has 2 N–H and O–H groups in total. The zero-order valence-electron chi connectivity index (χ0n) is 9.36. The number of aliphatic hydroxyl groups excluding tert-OH is 1. The highest BCUT2D eigenvalue weighted by Gasteiger charge is 2.28. The number of aliphatic hydroxyl groups is 1. The zero-order valence-corrected chi connectivity index (χ0v) is 9.36. The predicted octanol–water partition coefficient (Wildman–Crippen LogP) is 0.713. The first-order valence-corrected chi connectivity index (χ1v) is 5.68. The molecule has 1 aliphatic rings. The van der Waals surface area contributed by atoms with Crippen LogP contribution >= 0.6 is 0 Å². The van der Waals surface area contributed by atoms with Crippen molar-refractivity contribution in [3.63, 3.8) is 0 Å². The van der Waals surface area contributed by atoms with Gasteiger partial charge in [-0.25, -0.2) is 0 Å². The lowest BCUT2D eigenvalue weighted by atomic mass is 9.98. The van der Waals surface area contributed by atoms with Crippen LogP contribution in [0.5, 0.6) is 0 Å². The molecule has 0 aromatic carbocycles. The Morgan fingerprint density at radius 2 is 2.07 bits per heavy atom. The van der Waals surface area contributed by atoms with Gasteiger partial charge in [0.25, 0.3) is 0 Å². The van der Waals surface area contributed by atoms with Crippen LogP contribution < -0.4 is 4.90 Å². The van der Waals surface area contributed by atoms with Gasteiger partial charge in [-0.05, 0) is 6.08 Å². The summed E-state index contributed by atoms with van der Waals surface area (Å²) in [5.41, 5.74) is 0. The molecule has 1 heterocycles. The zero-order chi connectivity index (χ0) is 11.1. The minimum absolute atomic E-state index is 0.254. The average molecular weight is 208 g/mol. The Kier molecular flexibility index (Phi) is 5.37. The molecule has 0 saturated carbocycles. The van der Waals surface area contributed by atoms with Gasteiger partial charge >= 0.3 is 0 Å². The lowest BCUT2D eigenvalue weighted by Crippen LogP contribution is -3.19. The number of hydrogen-bond donors (Lipinski definition) is 2. The van der Waals surface area contributed by atoms with Crippen molar-refractivity contribution in [1.29, 1.82) is 0 Å². The van der Waals surface area contributed by atoms with Gasteiger partial charge in [0.2, 0.25) is 0 Å². The van der Waals surface area contributed by atoms with E-state index >= 15 is 0 Å². The van der Waals surface area contributed by atoms with Gasteiger partial charge in [0, 0.05) is 19.3 Å². The van der Waals surface area contributed by atoms with E-state index < -0.39 is 0 Å². The summed E-state index contributed by atoms with van der Waals surface area (Å²) >= 11 is 0. The minimum Gasteiger partial charge on any atom is -0.391 e. The van der Waals surface area contributed by atoms with Gasteiger partial charge in [-0.2, -0.15) is 0 Å². The Bertz CT molecular complexity index is 235. The SMILES string of the molecule is C=CC[C@H]1CC=C[C@H](CC=C)[NH+]1CCO. The maximum absolute atomic E-state index is 9.09. The van der Waals surface area contributed by atoms with Crippen LogP contribution in [0.3, 0.4) is 0 Å². The Labute approximate surface area is 92.6 Å². The molecule has 1 rings (SSSR count). The number of nitrogens with one attached hydrogen (secondary N) is 1. The fraction of sp³-hybridized carbons (Fsp3) is 0.538. The van der Waals surface area contributed by atoms with Crippen LogP contribution in [0, 0.1) is 0 Å². The Morgan fingerprint density at radius 3 is 2.67 bits per heavy atom. The number of rotatable bonds is 6. The summed E-state index contributed by atoms with van der Waals surface area (Å²) in [5.74, 6) is 0. The molecule has 1 unspecified atom stereocenters. The summed E-state index contributed by atoms with van der Waals surface area (Å²) in [4.78, 5) is 1.47. The molecular formula is C13H22NO+. The van der Waals surface area contributed by atoms with Gasteiger partial charge < -0.3 is 10.0 Å². The van der Waals surface area contributed by atoms with Gasteiger partial charge in [0.15, 0.2) is 0 Å². The fourth-order valence-corrected chi connectivity index (χ4v) is 2.36. The first-order valence-electron chi connectivity index (χ1n) is 5.68. The fourth-order valence-electron chi connectivity index (χ4n) is 2.36. The maximum atomic E-state index is 9.09. The molecule has 0 saturated heterocycles. The van der Waals surface area contributed by atoms with Crippen LogP contribution in [-0.2, 0) is 0 Å². The van der Waals surface area contributed by atoms with Crippen LogP contribution in [0.15, 0.2) is 37.5 Å². The van der Waals surface area contributed by atoms with Crippen LogP contribution in [0.4, 0.5) is 0 Å². The second kappa shape index (κ2) is 6.59. The van der Waals surface area contributed by atoms with Crippen molar-refractivity contribution in [3.8, 4) is 0 Å². The van der Waals surface area contributed by atoms with Crippen LogP contribution in [0.1, 0.15) is 19.3 Å². The Balaban J connectivity index is 2.68. The highest BCUT2D eigenvalue weighted by molar-refractivity contribution is 4.98. The quantitative estimate of drug-likeness (QED) is 0.618. The molecule has 0 spiro atoms. The van der Waals surface area contributed by atoms with Crippen LogP contribution in [-0.4, -0.2) is 30.3 Å². The maximum Gasteiger partial charge on any atom is 0.110 e. The van der Waals surface area contributed by atoms with E-state index in [1.165, 1.54) is 4.90 Å². The minimum atomic E-state index is 0.254. The van der Waals surface area contributed by atoms with Gasteiger partial charge in [-0.15, -0.1) is 13.2 Å². The molecule has 2 nitrogen and oxygen atoms in total. The van der Waals surface area contributed by atoms with Crippen LogP contribution in [0.25, 0.3) is 0 Å². The lowest BCUT2D eigenvalue weighted by Gasteiger charge is -2.35. The summed E-state index contributed by atoms with van der Waals surface area (Å²) in [6.07, 6.45) is 11.5. The first-order chi connectivity index (χ1) is 7.33. The standard InChI is InChI=1S/C13H21NO/c1-3-6-12-8-5-9-13(7-4-2)14(12)10-11-15/h3-5,8,12-13,15H,1-2,6-7,9-11H2/p+1/t12-,13-/m0/s1. The van der Waals surface area contributed by atoms with Gasteiger partial charge in [0.1, 0.15) is 12.6 Å². The monoisotopic (exact) mass is 208 g/mol. The lowest BCUT2D eigenvalue weighted by molar-refractivity contribution is -0.944. The molecule has 0 aromatic rings. The van der Waals surface area contributed by atoms with Crippen molar-refractivity contribution in [2.24, 2.45) is 0 Å². The molecule has 1 aliphatic heterocycles. The molecule has 3 atom stereocenters. The molecule has 0 aliphatic carbocycles. The smallest absolute Gasteiger partial charge is 0.110 e. The second-order valence-corrected chi connectivity index (χ2v) is 4.06. The van der Waals surface area contributed by atoms with E-state index in [1.54, 1.807) is 0 Å². The summed E-state index contributed by atoms with van der Waals surface area (Å²) in [5, 5.41) is 9.09. The number of quaternary nitrogens is 1. The van der Waals surface area contributed by atoms with Gasteiger partial charge in [0.05, 0.1) is 12.6 Å². The molecule has 0 radical (unpaired) electrons. The molecule has 15 heavy (non-hydrogen) atoms. The van der Waals surface area contributed by atoms with E-state index in [2.05, 4.69) is 25.3 Å². The molecule has 2 heteroatoms. The van der Waals surface area contributed by atoms with Crippen molar-refractivity contribution < 1.29 is 10.0 Å². The molecule has 0 amide bonds. The third-order valence-electron chi connectivity index (χ3n) is 3.06. The molecular weight excluding hydrogens is 186 g/mol. The van der Waals surface area contributed by atoms with E-state index in [0.29, 0.717) is 12.1 Å². The molecule has 0 bridgehead atoms. The van der Waals surface area contributed by atoms with E-state index in [0.717, 1.165) is 25.8 Å². The average Bonchev–Trinajstić information content (AvgIpc) is 2.23. The van der Waals surface area contributed by atoms with E-state index in [9.17, 15) is 0 Å². The van der Waals surface area contributed by atoms with Crippen molar-refractivity contribution >= 4 is 0 Å². The van der Waals surface area contributed by atoms with Crippen LogP contribution in [0.2, 0.25) is 0 Å². The second-order valence-electron chi connectivity index (χ2n) is 4.06. The van der Waals surface area contributed by atoms with Crippen molar-refractivity contribution in [3.05, 3.63) is 37.5 Å². The summed E-state index contributed by atoms with van der Waals surface area (Å²) in [7, 11) is 0. The molecule has 0 fully saturated rings. The normalized spacial score (nSPS) is 30.1. The topological polar surface area (TPSA) is 24.7 Å². The first kappa shape index (κ1) is 12.2. The van der Waals surface area contributed by atoms with Gasteiger partial charge in [-0.3, -0.25) is 0 Å². The van der Waals surface area contributed by atoms with Crippen molar-refractivity contribution in [2.45, 2.75) is 31.3 Å². The van der Waals surface area contributed by atoms with Crippen molar-refractivity contribution in [1.82, 2.24) is 0 Å². The number of hydrogen-bond acceptors (Lipinski definition) is 1. The molecule has 84 valence electrons. The van der Waals surface area contributed by atoms with E-state index in [-0.39, 0.29) is 6.61 Å². The molecule has 0 aromatic heterocycles. The highest BCUT2D eigenvalue weighted by Crippen LogP contribution is 2.06. The summed E-state index contributed by atoms with van der Waals surface area (Å²) in [6, 6.07) is 1.05. The predicted molar refractivity (Wildman–Crippen MR) is 63.9 cm³/mol. The van der Waals surface area contributed by atoms with Gasteiger partial charge in [-0.1, -0.05) is 18.2 Å². The third kappa shape index (κ3) is 3.33. The third-order valence-corrected chi connectivity index (χ3v) is 3.06.